The molecule has 74 valence electrons. The van der Waals surface area contributed by atoms with Gasteiger partial charge < -0.3 is 5.11 Å². The Balaban J connectivity index is 2.17. The fraction of sp³-hybridized carbons (Fsp3) is 0.333. The van der Waals surface area contributed by atoms with Crippen molar-refractivity contribution >= 4 is 17.4 Å². The average Bonchev–Trinajstić information content (AvgIpc) is 2.63. The van der Waals surface area contributed by atoms with Crippen molar-refractivity contribution in [1.29, 1.82) is 0 Å². The summed E-state index contributed by atoms with van der Waals surface area (Å²) < 4.78 is 1.95. The Kier molecular flexibility index (Phi) is 3.00. The zero-order valence-electron chi connectivity index (χ0n) is 7.63. The smallest absolute Gasteiger partial charge is 0.195 e. The minimum absolute atomic E-state index is 0.226. The summed E-state index contributed by atoms with van der Waals surface area (Å²) in [6, 6.07) is 5.81. The van der Waals surface area contributed by atoms with E-state index in [1.54, 1.807) is 11.8 Å². The third-order valence-corrected chi connectivity index (χ3v) is 2.85. The molecule has 0 aliphatic rings. The quantitative estimate of drug-likeness (QED) is 0.607. The molecule has 0 aliphatic carbocycles. The number of fused-ring (bicyclic) bond motifs is 1. The highest BCUT2D eigenvalue weighted by molar-refractivity contribution is 7.99. The van der Waals surface area contributed by atoms with Crippen LogP contribution >= 0.6 is 11.8 Å². The van der Waals surface area contributed by atoms with Crippen LogP contribution < -0.4 is 0 Å². The average molecular weight is 209 g/mol. The number of aliphatic hydroxyl groups is 1. The zero-order valence-corrected chi connectivity index (χ0v) is 8.44. The molecule has 2 rings (SSSR count). The van der Waals surface area contributed by atoms with Gasteiger partial charge in [0.15, 0.2) is 10.8 Å². The number of thioether (sulfide) groups is 1. The van der Waals surface area contributed by atoms with Crippen molar-refractivity contribution in [1.82, 2.24) is 14.6 Å². The number of hydrogen-bond donors (Lipinski definition) is 1. The highest BCUT2D eigenvalue weighted by Crippen LogP contribution is 2.16. The highest BCUT2D eigenvalue weighted by atomic mass is 32.2. The Morgan fingerprint density at radius 1 is 1.36 bits per heavy atom. The first-order chi connectivity index (χ1) is 6.92. The lowest BCUT2D eigenvalue weighted by Crippen LogP contribution is -1.89. The molecule has 5 heteroatoms. The molecule has 2 aromatic rings. The molecule has 0 saturated heterocycles. The van der Waals surface area contributed by atoms with Crippen LogP contribution in [0, 0.1) is 0 Å². The maximum atomic E-state index is 8.65. The summed E-state index contributed by atoms with van der Waals surface area (Å²) in [6.07, 6.45) is 2.73. The summed E-state index contributed by atoms with van der Waals surface area (Å²) in [5.41, 5.74) is 0.860. The fourth-order valence-electron chi connectivity index (χ4n) is 1.15. The van der Waals surface area contributed by atoms with Gasteiger partial charge in [0.2, 0.25) is 0 Å². The summed E-state index contributed by atoms with van der Waals surface area (Å²) in [5, 5.41) is 17.6. The topological polar surface area (TPSA) is 50.4 Å². The third kappa shape index (κ3) is 1.88. The molecule has 0 fully saturated rings. The van der Waals surface area contributed by atoms with Gasteiger partial charge in [-0.05, 0) is 18.6 Å². The fourth-order valence-corrected chi connectivity index (χ4v) is 1.99. The number of nitrogens with zero attached hydrogens (tertiary/aromatic N) is 3. The Morgan fingerprint density at radius 2 is 2.29 bits per heavy atom. The predicted octanol–water partition coefficient (Wildman–Crippen LogP) is 1.20. The first-order valence-electron chi connectivity index (χ1n) is 4.45. The van der Waals surface area contributed by atoms with E-state index in [-0.39, 0.29) is 6.61 Å². The maximum Gasteiger partial charge on any atom is 0.195 e. The van der Waals surface area contributed by atoms with Crippen LogP contribution in [0.4, 0.5) is 0 Å². The van der Waals surface area contributed by atoms with Gasteiger partial charge in [-0.3, -0.25) is 4.40 Å². The first-order valence-corrected chi connectivity index (χ1v) is 5.44. The first kappa shape index (κ1) is 9.48. The van der Waals surface area contributed by atoms with Gasteiger partial charge in [-0.2, -0.15) is 0 Å². The Morgan fingerprint density at radius 3 is 3.14 bits per heavy atom. The number of aromatic nitrogens is 3. The van der Waals surface area contributed by atoms with E-state index in [4.69, 9.17) is 5.11 Å². The van der Waals surface area contributed by atoms with Gasteiger partial charge in [0, 0.05) is 18.6 Å². The van der Waals surface area contributed by atoms with Crippen LogP contribution in [0.15, 0.2) is 29.6 Å². The van der Waals surface area contributed by atoms with Gasteiger partial charge in [-0.25, -0.2) is 0 Å². The Bertz CT molecular complexity index is 415. The molecule has 0 aliphatic heterocycles. The van der Waals surface area contributed by atoms with E-state index in [0.29, 0.717) is 0 Å². The van der Waals surface area contributed by atoms with Crippen LogP contribution in [0.2, 0.25) is 0 Å². The SMILES string of the molecule is OCCCSc1nnc2ccccn12. The monoisotopic (exact) mass is 209 g/mol. The van der Waals surface area contributed by atoms with Gasteiger partial charge in [-0.1, -0.05) is 17.8 Å². The van der Waals surface area contributed by atoms with Crippen molar-refractivity contribution in [3.8, 4) is 0 Å². The van der Waals surface area contributed by atoms with Crippen LogP contribution in [0.1, 0.15) is 6.42 Å². The molecule has 0 atom stereocenters. The Hall–Kier alpha value is -1.07. The summed E-state index contributed by atoms with van der Waals surface area (Å²) >= 11 is 1.61. The summed E-state index contributed by atoms with van der Waals surface area (Å²) in [7, 11) is 0. The molecule has 0 radical (unpaired) electrons. The van der Waals surface area contributed by atoms with Crippen LogP contribution in [0.5, 0.6) is 0 Å². The number of aliphatic hydroxyl groups excluding tert-OH is 1. The molecular weight excluding hydrogens is 198 g/mol. The highest BCUT2D eigenvalue weighted by Gasteiger charge is 2.03. The molecule has 0 aromatic carbocycles. The number of hydrogen-bond acceptors (Lipinski definition) is 4. The summed E-state index contributed by atoms with van der Waals surface area (Å²) in [5.74, 6) is 0.867. The van der Waals surface area contributed by atoms with Crippen LogP contribution in [0.25, 0.3) is 5.65 Å². The largest absolute Gasteiger partial charge is 0.396 e. The molecule has 14 heavy (non-hydrogen) atoms. The second-order valence-corrected chi connectivity index (χ2v) is 3.90. The van der Waals surface area contributed by atoms with Crippen molar-refractivity contribution in [2.45, 2.75) is 11.6 Å². The minimum Gasteiger partial charge on any atom is -0.396 e. The molecule has 0 amide bonds. The molecule has 2 aromatic heterocycles. The van der Waals surface area contributed by atoms with Gasteiger partial charge in [0.05, 0.1) is 0 Å². The molecule has 2 heterocycles. The number of rotatable bonds is 4. The van der Waals surface area contributed by atoms with E-state index in [2.05, 4.69) is 10.2 Å². The van der Waals surface area contributed by atoms with Crippen molar-refractivity contribution in [2.75, 3.05) is 12.4 Å². The third-order valence-electron chi connectivity index (χ3n) is 1.82. The summed E-state index contributed by atoms with van der Waals surface area (Å²) in [4.78, 5) is 0. The zero-order chi connectivity index (χ0) is 9.80. The molecule has 0 unspecified atom stereocenters. The standard InChI is InChI=1S/C9H11N3OS/c13-6-3-7-14-9-11-10-8-4-1-2-5-12(8)9/h1-2,4-5,13H,3,6-7H2. The molecule has 0 bridgehead atoms. The van der Waals surface area contributed by atoms with E-state index >= 15 is 0 Å². The maximum absolute atomic E-state index is 8.65. The summed E-state index contributed by atoms with van der Waals surface area (Å²) in [6.45, 7) is 0.226. The molecular formula is C9H11N3OS. The van der Waals surface area contributed by atoms with Crippen LogP contribution in [0.3, 0.4) is 0 Å². The van der Waals surface area contributed by atoms with Crippen molar-refractivity contribution in [3.63, 3.8) is 0 Å². The van der Waals surface area contributed by atoms with Crippen LogP contribution in [-0.2, 0) is 0 Å². The van der Waals surface area contributed by atoms with Crippen molar-refractivity contribution < 1.29 is 5.11 Å². The van der Waals surface area contributed by atoms with E-state index in [0.717, 1.165) is 23.0 Å². The predicted molar refractivity (Wildman–Crippen MR) is 55.4 cm³/mol. The van der Waals surface area contributed by atoms with E-state index in [1.807, 2.05) is 28.8 Å². The second-order valence-electron chi connectivity index (χ2n) is 2.84. The van der Waals surface area contributed by atoms with Gasteiger partial charge in [-0.15, -0.1) is 10.2 Å². The van der Waals surface area contributed by atoms with Gasteiger partial charge in [0.1, 0.15) is 0 Å². The lowest BCUT2D eigenvalue weighted by molar-refractivity contribution is 0.296. The van der Waals surface area contributed by atoms with Gasteiger partial charge >= 0.3 is 0 Å². The van der Waals surface area contributed by atoms with E-state index in [1.165, 1.54) is 0 Å². The lowest BCUT2D eigenvalue weighted by atomic mass is 10.5. The van der Waals surface area contributed by atoms with Gasteiger partial charge in [0.25, 0.3) is 0 Å². The van der Waals surface area contributed by atoms with E-state index in [9.17, 15) is 0 Å². The molecule has 4 nitrogen and oxygen atoms in total. The number of pyridine rings is 1. The van der Waals surface area contributed by atoms with Crippen molar-refractivity contribution in [3.05, 3.63) is 24.4 Å². The van der Waals surface area contributed by atoms with Crippen molar-refractivity contribution in [2.24, 2.45) is 0 Å². The molecule has 1 N–H and O–H groups in total. The van der Waals surface area contributed by atoms with E-state index < -0.39 is 0 Å². The second kappa shape index (κ2) is 4.43. The molecule has 0 spiro atoms. The van der Waals surface area contributed by atoms with Crippen LogP contribution in [-0.4, -0.2) is 32.1 Å². The normalized spacial score (nSPS) is 10.9. The lowest BCUT2D eigenvalue weighted by Gasteiger charge is -1.97. The molecule has 0 saturated carbocycles. The Labute approximate surface area is 86.0 Å². The minimum atomic E-state index is 0.226.